The lowest BCUT2D eigenvalue weighted by molar-refractivity contribution is 0.598. The fourth-order valence-corrected chi connectivity index (χ4v) is 2.12. The van der Waals surface area contributed by atoms with Crippen molar-refractivity contribution in [2.45, 2.75) is 19.9 Å². The van der Waals surface area contributed by atoms with Gasteiger partial charge in [0.15, 0.2) is 0 Å². The number of aromatic nitrogens is 2. The van der Waals surface area contributed by atoms with E-state index in [2.05, 4.69) is 53.0 Å². The normalized spacial score (nSPS) is 12.6. The molecule has 1 aromatic carbocycles. The van der Waals surface area contributed by atoms with Crippen molar-refractivity contribution in [3.8, 4) is 11.4 Å². The molecule has 0 saturated heterocycles. The molecule has 0 bridgehead atoms. The molecule has 1 unspecified atom stereocenters. The molecular formula is C14H19N3. The lowest BCUT2D eigenvalue weighted by Crippen LogP contribution is -2.18. The molecule has 1 aromatic heterocycles. The summed E-state index contributed by atoms with van der Waals surface area (Å²) in [5.41, 5.74) is 2.50. The average molecular weight is 229 g/mol. The van der Waals surface area contributed by atoms with Crippen molar-refractivity contribution in [3.63, 3.8) is 0 Å². The molecule has 0 aliphatic rings. The van der Waals surface area contributed by atoms with E-state index in [0.29, 0.717) is 6.04 Å². The van der Waals surface area contributed by atoms with E-state index in [-0.39, 0.29) is 0 Å². The molecule has 0 amide bonds. The fraction of sp³-hybridized carbons (Fsp3) is 0.357. The highest BCUT2D eigenvalue weighted by molar-refractivity contribution is 5.61. The quantitative estimate of drug-likeness (QED) is 0.873. The van der Waals surface area contributed by atoms with Gasteiger partial charge in [0.2, 0.25) is 0 Å². The van der Waals surface area contributed by atoms with Crippen LogP contribution in [-0.2, 0) is 7.05 Å². The number of benzene rings is 1. The smallest absolute Gasteiger partial charge is 0.139 e. The minimum atomic E-state index is 0.341. The monoisotopic (exact) mass is 229 g/mol. The number of hydrogen-bond donors (Lipinski definition) is 1. The highest BCUT2D eigenvalue weighted by Crippen LogP contribution is 2.26. The molecule has 2 aromatic rings. The van der Waals surface area contributed by atoms with Crippen molar-refractivity contribution in [2.24, 2.45) is 7.05 Å². The molecule has 0 spiro atoms. The van der Waals surface area contributed by atoms with Crippen LogP contribution in [0.15, 0.2) is 36.7 Å². The molecule has 1 N–H and O–H groups in total. The number of nitrogens with one attached hydrogen (secondary N) is 1. The average Bonchev–Trinajstić information content (AvgIpc) is 2.76. The van der Waals surface area contributed by atoms with Crippen LogP contribution < -0.4 is 5.32 Å². The molecule has 1 atom stereocenters. The second-order valence-electron chi connectivity index (χ2n) is 4.23. The molecular weight excluding hydrogens is 210 g/mol. The van der Waals surface area contributed by atoms with E-state index < -0.39 is 0 Å². The zero-order valence-corrected chi connectivity index (χ0v) is 10.6. The third-order valence-corrected chi connectivity index (χ3v) is 3.00. The molecule has 3 heteroatoms. The van der Waals surface area contributed by atoms with E-state index >= 15 is 0 Å². The first kappa shape index (κ1) is 11.9. The van der Waals surface area contributed by atoms with Gasteiger partial charge in [-0.1, -0.05) is 31.2 Å². The first-order valence-electron chi connectivity index (χ1n) is 6.04. The SMILES string of the molecule is CCNC(C)c1ccccc1-c1nccn1C. The van der Waals surface area contributed by atoms with Gasteiger partial charge in [-0.2, -0.15) is 0 Å². The Morgan fingerprint density at radius 3 is 2.76 bits per heavy atom. The Morgan fingerprint density at radius 1 is 1.35 bits per heavy atom. The van der Waals surface area contributed by atoms with Crippen molar-refractivity contribution < 1.29 is 0 Å². The second kappa shape index (κ2) is 5.15. The van der Waals surface area contributed by atoms with Gasteiger partial charge in [0, 0.05) is 31.0 Å². The number of imidazole rings is 1. The maximum atomic E-state index is 4.42. The summed E-state index contributed by atoms with van der Waals surface area (Å²) in [6.07, 6.45) is 3.81. The predicted molar refractivity (Wildman–Crippen MR) is 70.7 cm³/mol. The Kier molecular flexibility index (Phi) is 3.59. The standard InChI is InChI=1S/C14H19N3/c1-4-15-11(2)12-7-5-6-8-13(12)14-16-9-10-17(14)3/h5-11,15H,4H2,1-3H3. The molecule has 0 fully saturated rings. The lowest BCUT2D eigenvalue weighted by atomic mass is 10.0. The Hall–Kier alpha value is -1.61. The fourth-order valence-electron chi connectivity index (χ4n) is 2.12. The first-order chi connectivity index (χ1) is 8.24. The maximum absolute atomic E-state index is 4.42. The van der Waals surface area contributed by atoms with Crippen LogP contribution in [0.25, 0.3) is 11.4 Å². The van der Waals surface area contributed by atoms with Gasteiger partial charge in [-0.3, -0.25) is 0 Å². The van der Waals surface area contributed by atoms with Crippen LogP contribution >= 0.6 is 0 Å². The van der Waals surface area contributed by atoms with Gasteiger partial charge in [0.05, 0.1) is 0 Å². The summed E-state index contributed by atoms with van der Waals surface area (Å²) in [6, 6.07) is 8.78. The summed E-state index contributed by atoms with van der Waals surface area (Å²) in [4.78, 5) is 4.42. The lowest BCUT2D eigenvalue weighted by Gasteiger charge is -2.16. The molecule has 0 aliphatic heterocycles. The second-order valence-corrected chi connectivity index (χ2v) is 4.23. The van der Waals surface area contributed by atoms with Crippen molar-refractivity contribution in [2.75, 3.05) is 6.54 Å². The molecule has 17 heavy (non-hydrogen) atoms. The molecule has 0 saturated carbocycles. The Morgan fingerprint density at radius 2 is 2.12 bits per heavy atom. The van der Waals surface area contributed by atoms with Crippen LogP contribution in [-0.4, -0.2) is 16.1 Å². The number of nitrogens with zero attached hydrogens (tertiary/aromatic N) is 2. The van der Waals surface area contributed by atoms with Gasteiger partial charge in [-0.05, 0) is 19.0 Å². The van der Waals surface area contributed by atoms with Crippen molar-refractivity contribution in [1.29, 1.82) is 0 Å². The van der Waals surface area contributed by atoms with Gasteiger partial charge < -0.3 is 9.88 Å². The van der Waals surface area contributed by atoms with E-state index in [1.165, 1.54) is 11.1 Å². The third-order valence-electron chi connectivity index (χ3n) is 3.00. The Bertz CT molecular complexity index is 488. The van der Waals surface area contributed by atoms with Gasteiger partial charge in [-0.15, -0.1) is 0 Å². The third kappa shape index (κ3) is 2.39. The van der Waals surface area contributed by atoms with Crippen LogP contribution in [0.4, 0.5) is 0 Å². The number of rotatable bonds is 4. The minimum Gasteiger partial charge on any atom is -0.334 e. The molecule has 1 heterocycles. The highest BCUT2D eigenvalue weighted by atomic mass is 15.0. The summed E-state index contributed by atoms with van der Waals surface area (Å²) >= 11 is 0. The summed E-state index contributed by atoms with van der Waals surface area (Å²) in [7, 11) is 2.02. The van der Waals surface area contributed by atoms with Crippen LogP contribution in [0, 0.1) is 0 Å². The minimum absolute atomic E-state index is 0.341. The number of hydrogen-bond acceptors (Lipinski definition) is 2. The summed E-state index contributed by atoms with van der Waals surface area (Å²) < 4.78 is 2.05. The molecule has 2 rings (SSSR count). The Labute approximate surface area is 103 Å². The van der Waals surface area contributed by atoms with Crippen molar-refractivity contribution >= 4 is 0 Å². The topological polar surface area (TPSA) is 29.9 Å². The van der Waals surface area contributed by atoms with Gasteiger partial charge in [-0.25, -0.2) is 4.98 Å². The van der Waals surface area contributed by atoms with Crippen LogP contribution in [0.1, 0.15) is 25.5 Å². The van der Waals surface area contributed by atoms with E-state index in [1.54, 1.807) is 0 Å². The van der Waals surface area contributed by atoms with E-state index in [0.717, 1.165) is 12.4 Å². The summed E-state index contributed by atoms with van der Waals surface area (Å²) in [6.45, 7) is 5.28. The van der Waals surface area contributed by atoms with E-state index in [4.69, 9.17) is 0 Å². The van der Waals surface area contributed by atoms with Crippen molar-refractivity contribution in [1.82, 2.24) is 14.9 Å². The van der Waals surface area contributed by atoms with E-state index in [9.17, 15) is 0 Å². The van der Waals surface area contributed by atoms with Crippen LogP contribution in [0.2, 0.25) is 0 Å². The largest absolute Gasteiger partial charge is 0.334 e. The van der Waals surface area contributed by atoms with Crippen LogP contribution in [0.5, 0.6) is 0 Å². The summed E-state index contributed by atoms with van der Waals surface area (Å²) in [5.74, 6) is 1.02. The van der Waals surface area contributed by atoms with E-state index in [1.807, 2.05) is 19.4 Å². The van der Waals surface area contributed by atoms with Gasteiger partial charge >= 0.3 is 0 Å². The number of aryl methyl sites for hydroxylation is 1. The van der Waals surface area contributed by atoms with Crippen molar-refractivity contribution in [3.05, 3.63) is 42.2 Å². The van der Waals surface area contributed by atoms with Gasteiger partial charge in [0.1, 0.15) is 5.82 Å². The zero-order valence-electron chi connectivity index (χ0n) is 10.6. The Balaban J connectivity index is 2.44. The molecule has 0 aliphatic carbocycles. The molecule has 3 nitrogen and oxygen atoms in total. The summed E-state index contributed by atoms with van der Waals surface area (Å²) in [5, 5.41) is 3.45. The maximum Gasteiger partial charge on any atom is 0.139 e. The zero-order chi connectivity index (χ0) is 12.3. The van der Waals surface area contributed by atoms with Crippen LogP contribution in [0.3, 0.4) is 0 Å². The molecule has 0 radical (unpaired) electrons. The van der Waals surface area contributed by atoms with Gasteiger partial charge in [0.25, 0.3) is 0 Å². The highest BCUT2D eigenvalue weighted by Gasteiger charge is 2.12. The predicted octanol–water partition coefficient (Wildman–Crippen LogP) is 2.76. The first-order valence-corrected chi connectivity index (χ1v) is 6.04. The molecule has 90 valence electrons.